The number of hydrogen-bond donors (Lipinski definition) is 2. The predicted octanol–water partition coefficient (Wildman–Crippen LogP) is 3.60. The van der Waals surface area contributed by atoms with Gasteiger partial charge in [0.2, 0.25) is 11.8 Å². The summed E-state index contributed by atoms with van der Waals surface area (Å²) in [7, 11) is 0. The number of benzene rings is 1. The number of hydrogen-bond acceptors (Lipinski definition) is 4. The zero-order chi connectivity index (χ0) is 19.6. The first-order valence-corrected chi connectivity index (χ1v) is 9.04. The Bertz CT molecular complexity index is 619. The predicted molar refractivity (Wildman–Crippen MR) is 94.7 cm³/mol. The molecule has 0 aliphatic heterocycles. The molecule has 0 aliphatic rings. The second kappa shape index (κ2) is 10.8. The topological polar surface area (TPSA) is 75.3 Å². The van der Waals surface area contributed by atoms with Gasteiger partial charge >= 0.3 is 6.18 Å². The van der Waals surface area contributed by atoms with Crippen LogP contribution >= 0.6 is 11.8 Å². The van der Waals surface area contributed by atoms with Crippen molar-refractivity contribution in [2.24, 2.45) is 0 Å². The Labute approximate surface area is 154 Å². The van der Waals surface area contributed by atoms with Crippen molar-refractivity contribution in [1.82, 2.24) is 5.32 Å². The molecule has 1 aromatic rings. The normalized spacial score (nSPS) is 11.1. The number of halogens is 3. The van der Waals surface area contributed by atoms with E-state index >= 15 is 0 Å². The lowest BCUT2D eigenvalue weighted by Crippen LogP contribution is -2.26. The van der Waals surface area contributed by atoms with Gasteiger partial charge in [0, 0.05) is 25.6 Å². The molecule has 0 heterocycles. The average molecular weight is 390 g/mol. The molecule has 1 rings (SSSR count). The van der Waals surface area contributed by atoms with Gasteiger partial charge < -0.3 is 10.6 Å². The van der Waals surface area contributed by atoms with Crippen LogP contribution in [0, 0.1) is 0 Å². The highest BCUT2D eigenvalue weighted by Crippen LogP contribution is 2.29. The first-order chi connectivity index (χ1) is 12.2. The molecule has 5 nitrogen and oxygen atoms in total. The minimum Gasteiger partial charge on any atom is -0.355 e. The molecule has 0 radical (unpaired) electrons. The van der Waals surface area contributed by atoms with Gasteiger partial charge in [-0.25, -0.2) is 0 Å². The van der Waals surface area contributed by atoms with E-state index in [0.717, 1.165) is 30.3 Å². The molecule has 0 saturated carbocycles. The van der Waals surface area contributed by atoms with Crippen LogP contribution in [0.5, 0.6) is 0 Å². The van der Waals surface area contributed by atoms with Crippen molar-refractivity contribution >= 4 is 34.4 Å². The number of anilines is 1. The molecule has 0 bridgehead atoms. The number of rotatable bonds is 9. The van der Waals surface area contributed by atoms with Gasteiger partial charge in [0.25, 0.3) is 0 Å². The van der Waals surface area contributed by atoms with Crippen molar-refractivity contribution in [3.05, 3.63) is 29.8 Å². The fourth-order valence-corrected chi connectivity index (χ4v) is 2.44. The van der Waals surface area contributed by atoms with E-state index in [9.17, 15) is 27.6 Å². The number of thioether (sulfide) groups is 1. The summed E-state index contributed by atoms with van der Waals surface area (Å²) in [5.74, 6) is -0.373. The maximum absolute atomic E-state index is 12.4. The van der Waals surface area contributed by atoms with Crippen LogP contribution in [0.25, 0.3) is 0 Å². The zero-order valence-corrected chi connectivity index (χ0v) is 15.1. The van der Waals surface area contributed by atoms with Gasteiger partial charge in [-0.2, -0.15) is 13.2 Å². The third kappa shape index (κ3) is 9.45. The molecule has 2 amide bonds. The van der Waals surface area contributed by atoms with Crippen LogP contribution in [0.15, 0.2) is 24.3 Å². The van der Waals surface area contributed by atoms with E-state index in [4.69, 9.17) is 0 Å². The third-order valence-corrected chi connectivity index (χ3v) is 4.12. The van der Waals surface area contributed by atoms with Gasteiger partial charge in [0.05, 0.1) is 11.3 Å². The van der Waals surface area contributed by atoms with Crippen molar-refractivity contribution in [3.8, 4) is 0 Å². The van der Waals surface area contributed by atoms with Gasteiger partial charge in [-0.1, -0.05) is 18.2 Å². The van der Waals surface area contributed by atoms with E-state index in [1.54, 1.807) is 0 Å². The molecule has 0 unspecified atom stereocenters. The van der Waals surface area contributed by atoms with E-state index in [1.807, 2.05) is 0 Å². The van der Waals surface area contributed by atoms with E-state index in [0.29, 0.717) is 25.1 Å². The molecule has 0 saturated heterocycles. The van der Waals surface area contributed by atoms with Crippen molar-refractivity contribution in [1.29, 1.82) is 0 Å². The zero-order valence-electron chi connectivity index (χ0n) is 14.3. The summed E-state index contributed by atoms with van der Waals surface area (Å²) in [5, 5.41) is 5.11. The Kier molecular flexibility index (Phi) is 9.18. The maximum Gasteiger partial charge on any atom is 0.416 e. The van der Waals surface area contributed by atoms with E-state index in [2.05, 4.69) is 10.6 Å². The Morgan fingerprint density at radius 2 is 1.65 bits per heavy atom. The first-order valence-electron chi connectivity index (χ1n) is 8.05. The Hall–Kier alpha value is -2.03. The molecule has 0 aliphatic carbocycles. The second-order valence-electron chi connectivity index (χ2n) is 5.56. The molecular weight excluding hydrogens is 369 g/mol. The smallest absolute Gasteiger partial charge is 0.355 e. The van der Waals surface area contributed by atoms with Gasteiger partial charge in [-0.15, -0.1) is 0 Å². The molecule has 1 aromatic carbocycles. The number of amides is 2. The van der Waals surface area contributed by atoms with Crippen LogP contribution in [0.3, 0.4) is 0 Å². The van der Waals surface area contributed by atoms with Crippen molar-refractivity contribution in [2.75, 3.05) is 17.6 Å². The standard InChI is InChI=1S/C17H21F3N2O3S/c1-12(23)26-11-16(25)21-10-4-2-3-5-15(24)22-14-8-6-13(7-9-14)17(18,19)20/h6-9H,2-5,10-11H2,1H3,(H,21,25)(H,22,24). The summed E-state index contributed by atoms with van der Waals surface area (Å²) in [6, 6.07) is 4.27. The molecular formula is C17H21F3N2O3S. The van der Waals surface area contributed by atoms with E-state index in [1.165, 1.54) is 19.1 Å². The average Bonchev–Trinajstić information content (AvgIpc) is 2.55. The fraction of sp³-hybridized carbons (Fsp3) is 0.471. The van der Waals surface area contributed by atoms with Gasteiger partial charge in [0.15, 0.2) is 5.12 Å². The summed E-state index contributed by atoms with van der Waals surface area (Å²) in [6.45, 7) is 1.87. The maximum atomic E-state index is 12.4. The third-order valence-electron chi connectivity index (χ3n) is 3.31. The Morgan fingerprint density at radius 3 is 2.23 bits per heavy atom. The van der Waals surface area contributed by atoms with Crippen LogP contribution < -0.4 is 10.6 Å². The molecule has 9 heteroatoms. The minimum absolute atomic E-state index is 0.102. The molecule has 144 valence electrons. The van der Waals surface area contributed by atoms with Crippen LogP contribution in [-0.2, 0) is 20.6 Å². The number of unbranched alkanes of at least 4 members (excludes halogenated alkanes) is 2. The number of alkyl halides is 3. The highest BCUT2D eigenvalue weighted by atomic mass is 32.2. The lowest BCUT2D eigenvalue weighted by molar-refractivity contribution is -0.137. The molecule has 0 atom stereocenters. The highest BCUT2D eigenvalue weighted by Gasteiger charge is 2.29. The number of nitrogens with one attached hydrogen (secondary N) is 2. The number of carbonyl (C=O) groups is 3. The van der Waals surface area contributed by atoms with Crippen LogP contribution in [-0.4, -0.2) is 29.2 Å². The van der Waals surface area contributed by atoms with Crippen molar-refractivity contribution < 1.29 is 27.6 Å². The molecule has 26 heavy (non-hydrogen) atoms. The molecule has 2 N–H and O–H groups in total. The molecule has 0 aromatic heterocycles. The monoisotopic (exact) mass is 390 g/mol. The Morgan fingerprint density at radius 1 is 1.00 bits per heavy atom. The van der Waals surface area contributed by atoms with Gasteiger partial charge in [0.1, 0.15) is 0 Å². The van der Waals surface area contributed by atoms with E-state index in [-0.39, 0.29) is 29.1 Å². The Balaban J connectivity index is 2.15. The van der Waals surface area contributed by atoms with Crippen molar-refractivity contribution in [2.45, 2.75) is 38.8 Å². The second-order valence-corrected chi connectivity index (χ2v) is 6.72. The highest BCUT2D eigenvalue weighted by molar-refractivity contribution is 8.14. The summed E-state index contributed by atoms with van der Waals surface area (Å²) < 4.78 is 37.3. The minimum atomic E-state index is -4.40. The fourth-order valence-electron chi connectivity index (χ4n) is 2.00. The van der Waals surface area contributed by atoms with E-state index < -0.39 is 11.7 Å². The van der Waals surface area contributed by atoms with Crippen LogP contribution in [0.2, 0.25) is 0 Å². The lowest BCUT2D eigenvalue weighted by Gasteiger charge is -2.09. The quantitative estimate of drug-likeness (QED) is 0.632. The summed E-state index contributed by atoms with van der Waals surface area (Å²) in [4.78, 5) is 33.8. The SMILES string of the molecule is CC(=O)SCC(=O)NCCCCCC(=O)Nc1ccc(C(F)(F)F)cc1. The summed E-state index contributed by atoms with van der Waals surface area (Å²) in [5.41, 5.74) is -0.447. The lowest BCUT2D eigenvalue weighted by atomic mass is 10.1. The van der Waals surface area contributed by atoms with Crippen LogP contribution in [0.1, 0.15) is 38.2 Å². The molecule has 0 fully saturated rings. The van der Waals surface area contributed by atoms with Crippen LogP contribution in [0.4, 0.5) is 18.9 Å². The number of carbonyl (C=O) groups excluding carboxylic acids is 3. The summed E-state index contributed by atoms with van der Waals surface area (Å²) >= 11 is 0.948. The first kappa shape index (κ1) is 22.0. The molecule has 0 spiro atoms. The van der Waals surface area contributed by atoms with Gasteiger partial charge in [-0.3, -0.25) is 14.4 Å². The van der Waals surface area contributed by atoms with Gasteiger partial charge in [-0.05, 0) is 37.1 Å². The largest absolute Gasteiger partial charge is 0.416 e. The summed E-state index contributed by atoms with van der Waals surface area (Å²) in [6.07, 6.45) is -2.13. The van der Waals surface area contributed by atoms with Crippen molar-refractivity contribution in [3.63, 3.8) is 0 Å².